The van der Waals surface area contributed by atoms with E-state index >= 15 is 0 Å². The highest BCUT2D eigenvalue weighted by Gasteiger charge is 2.30. The Labute approximate surface area is 113 Å². The number of alkyl halides is 3. The van der Waals surface area contributed by atoms with E-state index in [1.54, 1.807) is 6.92 Å². The smallest absolute Gasteiger partial charge is 0.416 e. The molecule has 0 unspecified atom stereocenters. The number of halogens is 4. The van der Waals surface area contributed by atoms with Crippen molar-refractivity contribution in [1.29, 1.82) is 0 Å². The van der Waals surface area contributed by atoms with Crippen molar-refractivity contribution in [1.82, 2.24) is 0 Å². The fraction of sp³-hybridized carbons (Fsp3) is 0.308. The molecule has 0 radical (unpaired) electrons. The maximum Gasteiger partial charge on any atom is 0.416 e. The zero-order chi connectivity index (χ0) is 14.5. The summed E-state index contributed by atoms with van der Waals surface area (Å²) in [6.07, 6.45) is -1.65. The molecule has 0 aliphatic carbocycles. The maximum atomic E-state index is 12.5. The van der Waals surface area contributed by atoms with Crippen LogP contribution in [0.15, 0.2) is 24.3 Å². The number of hydrogen-bond donors (Lipinski definition) is 0. The molecule has 0 saturated carbocycles. The SMILES string of the molecule is CCOC(=O)CC=Cc1cc(C(F)(F)F)ccc1Cl. The first-order chi connectivity index (χ1) is 8.84. The van der Waals surface area contributed by atoms with Gasteiger partial charge in [-0.3, -0.25) is 4.79 Å². The molecule has 2 nitrogen and oxygen atoms in total. The van der Waals surface area contributed by atoms with Crippen molar-refractivity contribution in [3.05, 3.63) is 40.4 Å². The quantitative estimate of drug-likeness (QED) is 0.772. The summed E-state index contributed by atoms with van der Waals surface area (Å²) in [4.78, 5) is 11.1. The van der Waals surface area contributed by atoms with Gasteiger partial charge in [-0.1, -0.05) is 23.8 Å². The van der Waals surface area contributed by atoms with E-state index < -0.39 is 17.7 Å². The second-order valence-corrected chi connectivity index (χ2v) is 4.05. The second kappa shape index (κ2) is 6.61. The van der Waals surface area contributed by atoms with Gasteiger partial charge in [-0.15, -0.1) is 0 Å². The molecule has 0 N–H and O–H groups in total. The molecule has 104 valence electrons. The standard InChI is InChI=1S/C13H12ClF3O2/c1-2-19-12(18)5-3-4-9-8-10(13(15,16)17)6-7-11(9)14/h3-4,6-8H,2,5H2,1H3. The molecule has 6 heteroatoms. The minimum atomic E-state index is -4.42. The Morgan fingerprint density at radius 1 is 1.42 bits per heavy atom. The van der Waals surface area contributed by atoms with Crippen LogP contribution in [-0.2, 0) is 15.7 Å². The Balaban J connectivity index is 2.83. The Bertz CT molecular complexity index is 481. The van der Waals surface area contributed by atoms with Crippen LogP contribution in [0, 0.1) is 0 Å². The number of ether oxygens (including phenoxy) is 1. The lowest BCUT2D eigenvalue weighted by Crippen LogP contribution is -2.04. The van der Waals surface area contributed by atoms with Crippen molar-refractivity contribution in [3.8, 4) is 0 Å². The van der Waals surface area contributed by atoms with Crippen LogP contribution >= 0.6 is 11.6 Å². The van der Waals surface area contributed by atoms with Crippen LogP contribution in [-0.4, -0.2) is 12.6 Å². The Hall–Kier alpha value is -1.49. The first kappa shape index (κ1) is 15.6. The van der Waals surface area contributed by atoms with E-state index in [1.807, 2.05) is 0 Å². The molecule has 1 aromatic rings. The molecule has 0 aromatic heterocycles. The van der Waals surface area contributed by atoms with Crippen LogP contribution in [0.2, 0.25) is 5.02 Å². The molecule has 1 rings (SSSR count). The van der Waals surface area contributed by atoms with Gasteiger partial charge in [0.1, 0.15) is 0 Å². The molecular weight excluding hydrogens is 281 g/mol. The van der Waals surface area contributed by atoms with Gasteiger partial charge in [0.2, 0.25) is 0 Å². The van der Waals surface area contributed by atoms with E-state index in [2.05, 4.69) is 4.74 Å². The lowest BCUT2D eigenvalue weighted by molar-refractivity contribution is -0.142. The van der Waals surface area contributed by atoms with Crippen molar-refractivity contribution >= 4 is 23.6 Å². The van der Waals surface area contributed by atoms with Gasteiger partial charge in [-0.25, -0.2) is 0 Å². The van der Waals surface area contributed by atoms with Crippen molar-refractivity contribution in [2.45, 2.75) is 19.5 Å². The number of benzene rings is 1. The van der Waals surface area contributed by atoms with Gasteiger partial charge in [0.25, 0.3) is 0 Å². The zero-order valence-electron chi connectivity index (χ0n) is 10.1. The molecule has 0 saturated heterocycles. The topological polar surface area (TPSA) is 26.3 Å². The summed E-state index contributed by atoms with van der Waals surface area (Å²) in [5.74, 6) is -0.443. The third-order valence-electron chi connectivity index (χ3n) is 2.21. The molecule has 0 bridgehead atoms. The van der Waals surface area contributed by atoms with E-state index in [-0.39, 0.29) is 23.6 Å². The van der Waals surface area contributed by atoms with Crippen molar-refractivity contribution in [3.63, 3.8) is 0 Å². The summed E-state index contributed by atoms with van der Waals surface area (Å²) in [7, 11) is 0. The molecule has 0 aliphatic rings. The first-order valence-electron chi connectivity index (χ1n) is 5.53. The second-order valence-electron chi connectivity index (χ2n) is 3.65. The average molecular weight is 293 g/mol. The highest BCUT2D eigenvalue weighted by atomic mass is 35.5. The van der Waals surface area contributed by atoms with E-state index in [0.717, 1.165) is 12.1 Å². The third-order valence-corrected chi connectivity index (χ3v) is 2.55. The van der Waals surface area contributed by atoms with Crippen molar-refractivity contribution in [2.24, 2.45) is 0 Å². The van der Waals surface area contributed by atoms with E-state index in [1.165, 1.54) is 18.2 Å². The molecule has 1 aromatic carbocycles. The van der Waals surface area contributed by atoms with E-state index in [0.29, 0.717) is 0 Å². The van der Waals surface area contributed by atoms with Gasteiger partial charge in [0, 0.05) is 5.02 Å². The van der Waals surface area contributed by atoms with Crippen molar-refractivity contribution in [2.75, 3.05) is 6.61 Å². The van der Waals surface area contributed by atoms with E-state index in [4.69, 9.17) is 11.6 Å². The zero-order valence-corrected chi connectivity index (χ0v) is 10.9. The Kier molecular flexibility index (Phi) is 5.42. The molecule has 0 fully saturated rings. The largest absolute Gasteiger partial charge is 0.466 e. The number of rotatable bonds is 4. The van der Waals surface area contributed by atoms with Crippen LogP contribution in [0.25, 0.3) is 6.08 Å². The predicted molar refractivity (Wildman–Crippen MR) is 66.7 cm³/mol. The molecule has 0 aliphatic heterocycles. The van der Waals surface area contributed by atoms with E-state index in [9.17, 15) is 18.0 Å². The van der Waals surface area contributed by atoms with Gasteiger partial charge >= 0.3 is 12.1 Å². The summed E-state index contributed by atoms with van der Waals surface area (Å²) >= 11 is 5.79. The summed E-state index contributed by atoms with van der Waals surface area (Å²) in [6, 6.07) is 3.02. The third kappa shape index (κ3) is 4.95. The lowest BCUT2D eigenvalue weighted by atomic mass is 10.1. The van der Waals surface area contributed by atoms with Crippen LogP contribution < -0.4 is 0 Å². The highest BCUT2D eigenvalue weighted by molar-refractivity contribution is 6.32. The van der Waals surface area contributed by atoms with Crippen molar-refractivity contribution < 1.29 is 22.7 Å². The fourth-order valence-corrected chi connectivity index (χ4v) is 1.53. The molecular formula is C13H12ClF3O2. The van der Waals surface area contributed by atoms with Gasteiger partial charge < -0.3 is 4.74 Å². The predicted octanol–water partition coefficient (Wildman–Crippen LogP) is 4.33. The van der Waals surface area contributed by atoms with Crippen LogP contribution in [0.1, 0.15) is 24.5 Å². The molecule has 0 heterocycles. The summed E-state index contributed by atoms with van der Waals surface area (Å²) in [6.45, 7) is 1.93. The summed E-state index contributed by atoms with van der Waals surface area (Å²) < 4.78 is 42.2. The fourth-order valence-electron chi connectivity index (χ4n) is 1.35. The number of carbonyl (C=O) groups excluding carboxylic acids is 1. The van der Waals surface area contributed by atoms with Crippen LogP contribution in [0.5, 0.6) is 0 Å². The number of esters is 1. The van der Waals surface area contributed by atoms with Gasteiger partial charge in [-0.2, -0.15) is 13.2 Å². The number of hydrogen-bond acceptors (Lipinski definition) is 2. The lowest BCUT2D eigenvalue weighted by Gasteiger charge is -2.08. The van der Waals surface area contributed by atoms with Crippen LogP contribution in [0.4, 0.5) is 13.2 Å². The van der Waals surface area contributed by atoms with Crippen LogP contribution in [0.3, 0.4) is 0 Å². The molecule has 0 spiro atoms. The maximum absolute atomic E-state index is 12.5. The monoisotopic (exact) mass is 292 g/mol. The van der Waals surface area contributed by atoms with Gasteiger partial charge in [-0.05, 0) is 30.7 Å². The van der Waals surface area contributed by atoms with Gasteiger partial charge in [0.05, 0.1) is 18.6 Å². The summed E-state index contributed by atoms with van der Waals surface area (Å²) in [5.41, 5.74) is -0.575. The Morgan fingerprint density at radius 3 is 2.68 bits per heavy atom. The Morgan fingerprint density at radius 2 is 2.11 bits per heavy atom. The number of carbonyl (C=O) groups is 1. The molecule has 0 amide bonds. The normalized spacial score (nSPS) is 11.8. The minimum absolute atomic E-state index is 0.0135. The summed E-state index contributed by atoms with van der Waals surface area (Å²) in [5, 5.41) is 0.188. The molecule has 19 heavy (non-hydrogen) atoms. The average Bonchev–Trinajstić information content (AvgIpc) is 2.30. The van der Waals surface area contributed by atoms with Gasteiger partial charge in [0.15, 0.2) is 0 Å². The minimum Gasteiger partial charge on any atom is -0.466 e. The first-order valence-corrected chi connectivity index (χ1v) is 5.91. The highest BCUT2D eigenvalue weighted by Crippen LogP contribution is 2.32. The molecule has 0 atom stereocenters.